The van der Waals surface area contributed by atoms with Crippen LogP contribution >= 0.6 is 0 Å². The van der Waals surface area contributed by atoms with E-state index in [1.54, 1.807) is 24.3 Å². The molecule has 3 aromatic rings. The van der Waals surface area contributed by atoms with Gasteiger partial charge in [-0.05, 0) is 73.6 Å². The van der Waals surface area contributed by atoms with Crippen molar-refractivity contribution < 1.29 is 14.6 Å². The van der Waals surface area contributed by atoms with Crippen LogP contribution in [0.15, 0.2) is 78.9 Å². The Kier molecular flexibility index (Phi) is 8.67. The number of rotatable bonds is 10. The quantitative estimate of drug-likeness (QED) is 0.312. The van der Waals surface area contributed by atoms with Gasteiger partial charge in [0, 0.05) is 12.2 Å². The molecule has 0 aliphatic heterocycles. The number of benzene rings is 3. The van der Waals surface area contributed by atoms with E-state index in [4.69, 9.17) is 4.74 Å². The van der Waals surface area contributed by atoms with Crippen molar-refractivity contribution in [2.24, 2.45) is 0 Å². The summed E-state index contributed by atoms with van der Waals surface area (Å²) in [5.41, 5.74) is 4.06. The van der Waals surface area contributed by atoms with E-state index in [0.29, 0.717) is 17.9 Å². The summed E-state index contributed by atoms with van der Waals surface area (Å²) in [6.45, 7) is 3.53. The molecule has 5 nitrogen and oxygen atoms in total. The number of nitrogens with zero attached hydrogens (tertiary/aromatic N) is 1. The van der Waals surface area contributed by atoms with Gasteiger partial charge in [0.15, 0.2) is 0 Å². The van der Waals surface area contributed by atoms with Crippen molar-refractivity contribution in [1.82, 2.24) is 4.90 Å². The van der Waals surface area contributed by atoms with Gasteiger partial charge < -0.3 is 20.1 Å². The van der Waals surface area contributed by atoms with Gasteiger partial charge in [0.05, 0.1) is 5.57 Å². The van der Waals surface area contributed by atoms with Crippen LogP contribution in [-0.2, 0) is 4.79 Å². The Bertz CT molecular complexity index is 1060. The summed E-state index contributed by atoms with van der Waals surface area (Å²) in [5.74, 6) is 0.745. The number of phenolic OH excluding ortho intramolecular Hbond substituents is 1. The minimum atomic E-state index is -0.186. The van der Waals surface area contributed by atoms with Crippen LogP contribution in [0.5, 0.6) is 11.5 Å². The number of nitrogens with one attached hydrogen (secondary N) is 1. The maximum absolute atomic E-state index is 13.6. The molecular weight excluding hydrogens is 412 g/mol. The fourth-order valence-electron chi connectivity index (χ4n) is 3.55. The van der Waals surface area contributed by atoms with Crippen LogP contribution in [0.25, 0.3) is 11.1 Å². The van der Waals surface area contributed by atoms with Crippen LogP contribution in [0.2, 0.25) is 0 Å². The van der Waals surface area contributed by atoms with Gasteiger partial charge in [0.25, 0.3) is 5.91 Å². The molecule has 2 N–H and O–H groups in total. The zero-order valence-electron chi connectivity index (χ0n) is 19.5. The van der Waals surface area contributed by atoms with Crippen molar-refractivity contribution in [1.29, 1.82) is 0 Å². The Labute approximate surface area is 196 Å². The number of ether oxygens (including phenoxy) is 1. The van der Waals surface area contributed by atoms with Crippen LogP contribution in [0.1, 0.15) is 30.9 Å². The molecule has 5 heteroatoms. The van der Waals surface area contributed by atoms with Crippen LogP contribution in [-0.4, -0.2) is 43.2 Å². The number of allylic oxidation sites excluding steroid dienone is 1. The third-order valence-corrected chi connectivity index (χ3v) is 5.23. The Morgan fingerprint density at radius 2 is 1.58 bits per heavy atom. The molecule has 3 aromatic carbocycles. The summed E-state index contributed by atoms with van der Waals surface area (Å²) >= 11 is 0. The van der Waals surface area contributed by atoms with Gasteiger partial charge in [-0.1, -0.05) is 55.8 Å². The normalized spacial score (nSPS) is 11.8. The molecular formula is C28H32N2O3. The average molecular weight is 445 g/mol. The SMILES string of the molecule is CCCC(=C(C(=O)Nc1ccc(OCCN(C)C)cc1)c1ccc(O)cc1)c1ccccc1. The zero-order chi connectivity index (χ0) is 23.6. The highest BCUT2D eigenvalue weighted by Crippen LogP contribution is 2.32. The highest BCUT2D eigenvalue weighted by molar-refractivity contribution is 6.31. The van der Waals surface area contributed by atoms with Crippen molar-refractivity contribution in [2.45, 2.75) is 19.8 Å². The third-order valence-electron chi connectivity index (χ3n) is 5.23. The van der Waals surface area contributed by atoms with E-state index in [1.807, 2.05) is 68.7 Å². The van der Waals surface area contributed by atoms with Crippen LogP contribution in [0, 0.1) is 0 Å². The number of anilines is 1. The second-order valence-corrected chi connectivity index (χ2v) is 8.15. The Balaban J connectivity index is 1.91. The molecule has 33 heavy (non-hydrogen) atoms. The number of hydrogen-bond donors (Lipinski definition) is 2. The van der Waals surface area contributed by atoms with E-state index in [9.17, 15) is 9.90 Å². The van der Waals surface area contributed by atoms with Gasteiger partial charge in [0.1, 0.15) is 18.1 Å². The summed E-state index contributed by atoms with van der Waals surface area (Å²) in [6, 6.07) is 24.2. The molecule has 0 spiro atoms. The van der Waals surface area contributed by atoms with E-state index in [1.165, 1.54) is 0 Å². The predicted octanol–water partition coefficient (Wildman–Crippen LogP) is 5.68. The zero-order valence-corrected chi connectivity index (χ0v) is 19.5. The van der Waals surface area contributed by atoms with E-state index in [2.05, 4.69) is 17.1 Å². The van der Waals surface area contributed by atoms with Crippen molar-refractivity contribution in [2.75, 3.05) is 32.6 Å². The molecule has 0 fully saturated rings. The van der Waals surface area contributed by atoms with Gasteiger partial charge in [-0.15, -0.1) is 0 Å². The number of hydrogen-bond acceptors (Lipinski definition) is 4. The van der Waals surface area contributed by atoms with E-state index in [-0.39, 0.29) is 11.7 Å². The summed E-state index contributed by atoms with van der Waals surface area (Å²) in [7, 11) is 4.01. The molecule has 0 aromatic heterocycles. The van der Waals surface area contributed by atoms with Gasteiger partial charge in [-0.25, -0.2) is 0 Å². The van der Waals surface area contributed by atoms with E-state index in [0.717, 1.165) is 41.8 Å². The second kappa shape index (κ2) is 11.9. The summed E-state index contributed by atoms with van der Waals surface area (Å²) in [5, 5.41) is 12.8. The lowest BCUT2D eigenvalue weighted by atomic mass is 9.91. The topological polar surface area (TPSA) is 61.8 Å². The molecule has 0 heterocycles. The molecule has 0 bridgehead atoms. The minimum Gasteiger partial charge on any atom is -0.508 e. The monoisotopic (exact) mass is 444 g/mol. The van der Waals surface area contributed by atoms with Crippen LogP contribution < -0.4 is 10.1 Å². The van der Waals surface area contributed by atoms with Crippen LogP contribution in [0.3, 0.4) is 0 Å². The Morgan fingerprint density at radius 3 is 2.18 bits per heavy atom. The Morgan fingerprint density at radius 1 is 0.909 bits per heavy atom. The van der Waals surface area contributed by atoms with Gasteiger partial charge in [0.2, 0.25) is 0 Å². The first kappa shape index (κ1) is 24.1. The standard InChI is InChI=1S/C28H32N2O3/c1-4-8-26(21-9-6-5-7-10-21)27(22-11-15-24(31)16-12-22)28(32)29-23-13-17-25(18-14-23)33-20-19-30(2)3/h5-7,9-18,31H,4,8,19-20H2,1-3H3,(H,29,32). The van der Waals surface area contributed by atoms with Gasteiger partial charge in [-0.2, -0.15) is 0 Å². The molecule has 172 valence electrons. The number of aromatic hydroxyl groups is 1. The lowest BCUT2D eigenvalue weighted by Crippen LogP contribution is -2.19. The van der Waals surface area contributed by atoms with Gasteiger partial charge >= 0.3 is 0 Å². The van der Waals surface area contributed by atoms with E-state index < -0.39 is 0 Å². The highest BCUT2D eigenvalue weighted by Gasteiger charge is 2.19. The lowest BCUT2D eigenvalue weighted by molar-refractivity contribution is -0.111. The first-order chi connectivity index (χ1) is 16.0. The number of carbonyl (C=O) groups excluding carboxylic acids is 1. The fourth-order valence-corrected chi connectivity index (χ4v) is 3.55. The largest absolute Gasteiger partial charge is 0.508 e. The smallest absolute Gasteiger partial charge is 0.256 e. The highest BCUT2D eigenvalue weighted by atomic mass is 16.5. The molecule has 0 aliphatic carbocycles. The number of amides is 1. The maximum Gasteiger partial charge on any atom is 0.256 e. The number of phenols is 1. The molecule has 0 unspecified atom stereocenters. The lowest BCUT2D eigenvalue weighted by Gasteiger charge is -2.17. The summed E-state index contributed by atoms with van der Waals surface area (Å²) < 4.78 is 5.75. The molecule has 0 atom stereocenters. The van der Waals surface area contributed by atoms with Crippen molar-refractivity contribution in [3.63, 3.8) is 0 Å². The first-order valence-electron chi connectivity index (χ1n) is 11.2. The third kappa shape index (κ3) is 6.96. The molecule has 1 amide bonds. The average Bonchev–Trinajstić information content (AvgIpc) is 2.81. The van der Waals surface area contributed by atoms with Crippen molar-refractivity contribution in [3.05, 3.63) is 90.0 Å². The number of carbonyl (C=O) groups is 1. The molecule has 3 rings (SSSR count). The molecule has 0 radical (unpaired) electrons. The van der Waals surface area contributed by atoms with Gasteiger partial charge in [-0.3, -0.25) is 4.79 Å². The Hall–Kier alpha value is -3.57. The summed E-state index contributed by atoms with van der Waals surface area (Å²) in [4.78, 5) is 15.6. The molecule has 0 saturated heterocycles. The maximum atomic E-state index is 13.6. The fraction of sp³-hybridized carbons (Fsp3) is 0.250. The van der Waals surface area contributed by atoms with Crippen LogP contribution in [0.4, 0.5) is 5.69 Å². The van der Waals surface area contributed by atoms with E-state index >= 15 is 0 Å². The van der Waals surface area contributed by atoms with Crippen molar-refractivity contribution in [3.8, 4) is 11.5 Å². The second-order valence-electron chi connectivity index (χ2n) is 8.15. The number of likely N-dealkylation sites (N-methyl/N-ethyl adjacent to an activating group) is 1. The minimum absolute atomic E-state index is 0.167. The summed E-state index contributed by atoms with van der Waals surface area (Å²) in [6.07, 6.45) is 1.66. The first-order valence-corrected chi connectivity index (χ1v) is 11.2. The molecule has 0 saturated carbocycles. The van der Waals surface area contributed by atoms with Crippen molar-refractivity contribution >= 4 is 22.7 Å². The predicted molar refractivity (Wildman–Crippen MR) is 135 cm³/mol. The molecule has 0 aliphatic rings.